The number of rotatable bonds is 8. The molecule has 0 aliphatic carbocycles. The van der Waals surface area contributed by atoms with E-state index in [9.17, 15) is 22.8 Å². The Bertz CT molecular complexity index is 909. The van der Waals surface area contributed by atoms with Crippen LogP contribution < -0.4 is 14.8 Å². The summed E-state index contributed by atoms with van der Waals surface area (Å²) in [6.07, 6.45) is -3.50. The summed E-state index contributed by atoms with van der Waals surface area (Å²) in [5, 5.41) is 2.41. The molecule has 0 bridgehead atoms. The van der Waals surface area contributed by atoms with Gasteiger partial charge in [-0.3, -0.25) is 9.59 Å². The second-order valence-electron chi connectivity index (χ2n) is 6.01. The Labute approximate surface area is 175 Å². The molecule has 30 heavy (non-hydrogen) atoms. The Morgan fingerprint density at radius 3 is 2.60 bits per heavy atom. The van der Waals surface area contributed by atoms with Gasteiger partial charge in [-0.25, -0.2) is 4.98 Å². The van der Waals surface area contributed by atoms with Crippen LogP contribution in [0.5, 0.6) is 11.6 Å². The molecule has 0 saturated carbocycles. The fourth-order valence-corrected chi connectivity index (χ4v) is 2.60. The smallest absolute Gasteiger partial charge is 0.422 e. The molecule has 1 N–H and O–H groups in total. The number of likely N-dealkylation sites (N-methyl/N-ethyl adjacent to an activating group) is 1. The summed E-state index contributed by atoms with van der Waals surface area (Å²) in [7, 11) is 1.50. The molecule has 2 amide bonds. The Kier molecular flexibility index (Phi) is 7.87. The van der Waals surface area contributed by atoms with Gasteiger partial charge in [0, 0.05) is 24.5 Å². The molecular weight excluding hydrogens is 427 g/mol. The molecule has 0 saturated heterocycles. The third-order valence-corrected chi connectivity index (χ3v) is 4.05. The van der Waals surface area contributed by atoms with E-state index in [1.807, 2.05) is 0 Å². The molecule has 1 heterocycles. The fraction of sp³-hybridized carbons (Fsp3) is 0.316. The molecule has 0 atom stereocenters. The fourth-order valence-electron chi connectivity index (χ4n) is 2.38. The molecule has 0 unspecified atom stereocenters. The van der Waals surface area contributed by atoms with E-state index in [4.69, 9.17) is 16.3 Å². The lowest BCUT2D eigenvalue weighted by atomic mass is 10.2. The number of nitrogens with zero attached hydrogens (tertiary/aromatic N) is 2. The number of alkyl halides is 3. The zero-order valence-electron chi connectivity index (χ0n) is 16.1. The maximum Gasteiger partial charge on any atom is 0.422 e. The van der Waals surface area contributed by atoms with E-state index >= 15 is 0 Å². The predicted molar refractivity (Wildman–Crippen MR) is 104 cm³/mol. The number of hydrogen-bond donors (Lipinski definition) is 1. The molecular formula is C19H19ClF3N3O4. The highest BCUT2D eigenvalue weighted by molar-refractivity contribution is 6.32. The van der Waals surface area contributed by atoms with Crippen LogP contribution in [0, 0.1) is 0 Å². The first kappa shape index (κ1) is 23.3. The number of halogens is 4. The van der Waals surface area contributed by atoms with E-state index in [1.165, 1.54) is 12.0 Å². The first-order valence-corrected chi connectivity index (χ1v) is 9.09. The van der Waals surface area contributed by atoms with E-state index < -0.39 is 30.5 Å². The maximum absolute atomic E-state index is 12.7. The minimum Gasteiger partial charge on any atom is -0.497 e. The standard InChI is InChI=1S/C19H19ClF3N3O4/c1-3-26(10-16(27)25-13-5-4-6-14(8-13)29-2)18(28)12-7-15(20)17(24-9-12)30-11-19(21,22)23/h4-9H,3,10-11H2,1-2H3,(H,25,27). The Balaban J connectivity index is 2.04. The van der Waals surface area contributed by atoms with Crippen LogP contribution in [-0.4, -0.2) is 54.7 Å². The van der Waals surface area contributed by atoms with Crippen LogP contribution in [-0.2, 0) is 4.79 Å². The topological polar surface area (TPSA) is 80.8 Å². The molecule has 0 radical (unpaired) electrons. The summed E-state index contributed by atoms with van der Waals surface area (Å²) in [6.45, 7) is 0.0654. The molecule has 11 heteroatoms. The number of amides is 2. The third-order valence-electron chi connectivity index (χ3n) is 3.78. The van der Waals surface area contributed by atoms with Gasteiger partial charge in [0.2, 0.25) is 11.8 Å². The number of carbonyl (C=O) groups excluding carboxylic acids is 2. The number of methoxy groups -OCH3 is 1. The summed E-state index contributed by atoms with van der Waals surface area (Å²) in [5.74, 6) is -0.883. The van der Waals surface area contributed by atoms with Crippen LogP contribution >= 0.6 is 11.6 Å². The number of ether oxygens (including phenoxy) is 2. The van der Waals surface area contributed by atoms with Gasteiger partial charge in [0.1, 0.15) is 17.3 Å². The summed E-state index contributed by atoms with van der Waals surface area (Å²) in [5.41, 5.74) is 0.508. The Morgan fingerprint density at radius 1 is 1.27 bits per heavy atom. The largest absolute Gasteiger partial charge is 0.497 e. The summed E-state index contributed by atoms with van der Waals surface area (Å²) < 4.78 is 46.3. The highest BCUT2D eigenvalue weighted by Gasteiger charge is 2.29. The van der Waals surface area contributed by atoms with Crippen molar-refractivity contribution in [2.45, 2.75) is 13.1 Å². The van der Waals surface area contributed by atoms with Crippen molar-refractivity contribution in [3.63, 3.8) is 0 Å². The minimum absolute atomic E-state index is 0.00962. The predicted octanol–water partition coefficient (Wildman–Crippen LogP) is 3.79. The number of pyridine rings is 1. The van der Waals surface area contributed by atoms with Crippen LogP contribution in [0.4, 0.5) is 18.9 Å². The second kappa shape index (κ2) is 10.1. The van der Waals surface area contributed by atoms with E-state index in [-0.39, 0.29) is 23.7 Å². The summed E-state index contributed by atoms with van der Waals surface area (Å²) in [4.78, 5) is 29.9. The summed E-state index contributed by atoms with van der Waals surface area (Å²) >= 11 is 5.88. The van der Waals surface area contributed by atoms with E-state index in [2.05, 4.69) is 15.0 Å². The lowest BCUT2D eigenvalue weighted by Crippen LogP contribution is -2.38. The minimum atomic E-state index is -4.55. The van der Waals surface area contributed by atoms with Crippen molar-refractivity contribution in [3.8, 4) is 11.6 Å². The van der Waals surface area contributed by atoms with Gasteiger partial charge in [0.15, 0.2) is 6.61 Å². The van der Waals surface area contributed by atoms with Crippen LogP contribution in [0.2, 0.25) is 5.02 Å². The highest BCUT2D eigenvalue weighted by atomic mass is 35.5. The lowest BCUT2D eigenvalue weighted by Gasteiger charge is -2.20. The number of hydrogen-bond acceptors (Lipinski definition) is 5. The first-order valence-electron chi connectivity index (χ1n) is 8.71. The van der Waals surface area contributed by atoms with Crippen molar-refractivity contribution in [3.05, 3.63) is 47.1 Å². The highest BCUT2D eigenvalue weighted by Crippen LogP contribution is 2.25. The molecule has 1 aromatic heterocycles. The van der Waals surface area contributed by atoms with Crippen LogP contribution in [0.25, 0.3) is 0 Å². The number of nitrogens with one attached hydrogen (secondary N) is 1. The van der Waals surface area contributed by atoms with Crippen LogP contribution in [0.3, 0.4) is 0 Å². The van der Waals surface area contributed by atoms with Gasteiger partial charge in [-0.1, -0.05) is 17.7 Å². The lowest BCUT2D eigenvalue weighted by molar-refractivity contribution is -0.154. The Hall–Kier alpha value is -3.01. The zero-order valence-corrected chi connectivity index (χ0v) is 16.9. The quantitative estimate of drug-likeness (QED) is 0.668. The van der Waals surface area contributed by atoms with Crippen molar-refractivity contribution in [2.75, 3.05) is 32.1 Å². The SMILES string of the molecule is CCN(CC(=O)Nc1cccc(OC)c1)C(=O)c1cnc(OCC(F)(F)F)c(Cl)c1. The molecule has 1 aromatic carbocycles. The maximum atomic E-state index is 12.7. The Morgan fingerprint density at radius 2 is 2.00 bits per heavy atom. The van der Waals surface area contributed by atoms with Gasteiger partial charge in [0.25, 0.3) is 5.91 Å². The second-order valence-corrected chi connectivity index (χ2v) is 6.42. The van der Waals surface area contributed by atoms with Gasteiger partial charge >= 0.3 is 6.18 Å². The molecule has 7 nitrogen and oxygen atoms in total. The molecule has 0 spiro atoms. The first-order chi connectivity index (χ1) is 14.1. The van der Waals surface area contributed by atoms with Crippen molar-refractivity contribution >= 4 is 29.1 Å². The normalized spacial score (nSPS) is 11.0. The molecule has 162 valence electrons. The number of anilines is 1. The number of aromatic nitrogens is 1. The van der Waals surface area contributed by atoms with Crippen LogP contribution in [0.1, 0.15) is 17.3 Å². The molecule has 2 aromatic rings. The van der Waals surface area contributed by atoms with Gasteiger partial charge in [0.05, 0.1) is 12.7 Å². The van der Waals surface area contributed by atoms with Gasteiger partial charge < -0.3 is 19.7 Å². The van der Waals surface area contributed by atoms with Gasteiger partial charge in [-0.2, -0.15) is 13.2 Å². The monoisotopic (exact) mass is 445 g/mol. The van der Waals surface area contributed by atoms with Gasteiger partial charge in [-0.05, 0) is 25.1 Å². The van der Waals surface area contributed by atoms with Crippen molar-refractivity contribution in [2.24, 2.45) is 0 Å². The van der Waals surface area contributed by atoms with E-state index in [0.29, 0.717) is 11.4 Å². The molecule has 2 rings (SSSR count). The molecule has 0 aliphatic heterocycles. The van der Waals surface area contributed by atoms with Crippen molar-refractivity contribution in [1.29, 1.82) is 0 Å². The average Bonchev–Trinajstić information content (AvgIpc) is 2.70. The summed E-state index contributed by atoms with van der Waals surface area (Å²) in [6, 6.07) is 7.86. The molecule has 0 aliphatic rings. The zero-order chi connectivity index (χ0) is 22.3. The van der Waals surface area contributed by atoms with E-state index in [0.717, 1.165) is 12.3 Å². The van der Waals surface area contributed by atoms with Gasteiger partial charge in [-0.15, -0.1) is 0 Å². The number of benzene rings is 1. The number of carbonyl (C=O) groups is 2. The molecule has 0 fully saturated rings. The van der Waals surface area contributed by atoms with E-state index in [1.54, 1.807) is 31.2 Å². The van der Waals surface area contributed by atoms with Crippen molar-refractivity contribution in [1.82, 2.24) is 9.88 Å². The van der Waals surface area contributed by atoms with Crippen LogP contribution in [0.15, 0.2) is 36.5 Å². The third kappa shape index (κ3) is 6.80. The van der Waals surface area contributed by atoms with Crippen molar-refractivity contribution < 1.29 is 32.2 Å². The average molecular weight is 446 g/mol.